The van der Waals surface area contributed by atoms with E-state index in [9.17, 15) is 0 Å². The van der Waals surface area contributed by atoms with Gasteiger partial charge in [0, 0.05) is 35.4 Å². The van der Waals surface area contributed by atoms with Crippen molar-refractivity contribution in [2.45, 2.75) is 64.1 Å². The first-order chi connectivity index (χ1) is 11.5. The van der Waals surface area contributed by atoms with Crippen molar-refractivity contribution in [2.24, 2.45) is 5.92 Å². The van der Waals surface area contributed by atoms with E-state index in [4.69, 9.17) is 23.8 Å². The minimum Gasteiger partial charge on any atom is -0.360 e. The van der Waals surface area contributed by atoms with Crippen LogP contribution in [0.3, 0.4) is 0 Å². The molecule has 2 bridgehead atoms. The summed E-state index contributed by atoms with van der Waals surface area (Å²) < 4.78 is 0. The van der Waals surface area contributed by atoms with Crippen LogP contribution < -0.4 is 10.6 Å². The highest BCUT2D eigenvalue weighted by Crippen LogP contribution is 2.34. The number of rotatable bonds is 4. The molecular weight excluding hydrogens is 338 g/mol. The molecule has 0 amide bonds. The fourth-order valence-corrected chi connectivity index (χ4v) is 4.61. The quantitative estimate of drug-likeness (QED) is 0.758. The van der Waals surface area contributed by atoms with Crippen molar-refractivity contribution < 1.29 is 0 Å². The molecule has 2 fully saturated rings. The SMILES string of the molecule is CC(C)CN1[C@@H]2CCC[C@@H]1CC(NC(=S)Nc1ccc(Cl)cc1)C2. The highest BCUT2D eigenvalue weighted by Gasteiger charge is 2.38. The Morgan fingerprint density at radius 2 is 1.83 bits per heavy atom. The van der Waals surface area contributed by atoms with Gasteiger partial charge in [-0.3, -0.25) is 4.90 Å². The second kappa shape index (κ2) is 8.03. The van der Waals surface area contributed by atoms with Crippen molar-refractivity contribution in [2.75, 3.05) is 11.9 Å². The number of hydrogen-bond donors (Lipinski definition) is 2. The number of thiocarbonyl (C=S) groups is 1. The normalized spacial score (nSPS) is 27.1. The van der Waals surface area contributed by atoms with Gasteiger partial charge < -0.3 is 10.6 Å². The van der Waals surface area contributed by atoms with E-state index >= 15 is 0 Å². The van der Waals surface area contributed by atoms with Crippen molar-refractivity contribution in [3.63, 3.8) is 0 Å². The van der Waals surface area contributed by atoms with Crippen LogP contribution in [0.4, 0.5) is 5.69 Å². The third kappa shape index (κ3) is 4.62. The largest absolute Gasteiger partial charge is 0.360 e. The van der Waals surface area contributed by atoms with Crippen LogP contribution >= 0.6 is 23.8 Å². The molecule has 2 N–H and O–H groups in total. The minimum atomic E-state index is 0.482. The molecule has 3 nitrogen and oxygen atoms in total. The molecule has 1 aromatic rings. The molecule has 0 unspecified atom stereocenters. The summed E-state index contributed by atoms with van der Waals surface area (Å²) in [6.45, 7) is 5.88. The number of anilines is 1. The fourth-order valence-electron chi connectivity index (χ4n) is 4.20. The highest BCUT2D eigenvalue weighted by molar-refractivity contribution is 7.80. The van der Waals surface area contributed by atoms with Gasteiger partial charge in [0.15, 0.2) is 5.11 Å². The van der Waals surface area contributed by atoms with Gasteiger partial charge in [-0.1, -0.05) is 31.9 Å². The lowest BCUT2D eigenvalue weighted by Crippen LogP contribution is -2.58. The molecule has 2 aliphatic heterocycles. The van der Waals surface area contributed by atoms with Crippen molar-refractivity contribution in [1.82, 2.24) is 10.2 Å². The molecule has 3 rings (SSSR count). The Morgan fingerprint density at radius 1 is 1.21 bits per heavy atom. The molecule has 2 atom stereocenters. The number of hydrogen-bond acceptors (Lipinski definition) is 2. The Balaban J connectivity index is 1.55. The number of halogens is 1. The van der Waals surface area contributed by atoms with Gasteiger partial charge in [0.2, 0.25) is 0 Å². The number of piperidine rings is 2. The summed E-state index contributed by atoms with van der Waals surface area (Å²) in [5, 5.41) is 8.28. The van der Waals surface area contributed by atoms with Crippen LogP contribution in [0.15, 0.2) is 24.3 Å². The predicted octanol–water partition coefficient (Wildman–Crippen LogP) is 4.67. The number of nitrogens with zero attached hydrogens (tertiary/aromatic N) is 1. The van der Waals surface area contributed by atoms with Crippen molar-refractivity contribution in [1.29, 1.82) is 0 Å². The third-order valence-corrected chi connectivity index (χ3v) is 5.61. The average Bonchev–Trinajstić information content (AvgIpc) is 2.50. The predicted molar refractivity (Wildman–Crippen MR) is 107 cm³/mol. The molecule has 2 saturated heterocycles. The Labute approximate surface area is 156 Å². The Hall–Kier alpha value is -0.840. The Morgan fingerprint density at radius 3 is 2.42 bits per heavy atom. The average molecular weight is 366 g/mol. The highest BCUT2D eigenvalue weighted by atomic mass is 35.5. The summed E-state index contributed by atoms with van der Waals surface area (Å²) in [7, 11) is 0. The topological polar surface area (TPSA) is 27.3 Å². The fraction of sp³-hybridized carbons (Fsp3) is 0.632. The van der Waals surface area contributed by atoms with Gasteiger partial charge in [-0.25, -0.2) is 0 Å². The van der Waals surface area contributed by atoms with E-state index < -0.39 is 0 Å². The third-order valence-electron chi connectivity index (χ3n) is 5.14. The van der Waals surface area contributed by atoms with Crippen LogP contribution in [0.1, 0.15) is 46.0 Å². The van der Waals surface area contributed by atoms with Crippen LogP contribution in [0.2, 0.25) is 5.02 Å². The van der Waals surface area contributed by atoms with E-state index in [1.54, 1.807) is 0 Å². The van der Waals surface area contributed by atoms with E-state index in [2.05, 4.69) is 29.4 Å². The Bertz CT molecular complexity index is 546. The van der Waals surface area contributed by atoms with Crippen molar-refractivity contribution >= 4 is 34.6 Å². The molecule has 2 heterocycles. The van der Waals surface area contributed by atoms with E-state index in [1.165, 1.54) is 38.6 Å². The van der Waals surface area contributed by atoms with E-state index in [1.807, 2.05) is 24.3 Å². The first-order valence-electron chi connectivity index (χ1n) is 9.10. The van der Waals surface area contributed by atoms with Crippen LogP contribution in [0.25, 0.3) is 0 Å². The molecule has 2 aliphatic rings. The van der Waals surface area contributed by atoms with Gasteiger partial charge in [0.1, 0.15) is 0 Å². The van der Waals surface area contributed by atoms with Crippen LogP contribution in [0.5, 0.6) is 0 Å². The smallest absolute Gasteiger partial charge is 0.170 e. The van der Waals surface area contributed by atoms with Crippen LogP contribution in [-0.2, 0) is 0 Å². The van der Waals surface area contributed by atoms with Gasteiger partial charge in [-0.2, -0.15) is 0 Å². The summed E-state index contributed by atoms with van der Waals surface area (Å²) in [4.78, 5) is 2.77. The maximum absolute atomic E-state index is 5.93. The number of fused-ring (bicyclic) bond motifs is 2. The zero-order valence-electron chi connectivity index (χ0n) is 14.6. The molecule has 1 aromatic carbocycles. The number of benzene rings is 1. The number of nitrogens with one attached hydrogen (secondary N) is 2. The van der Waals surface area contributed by atoms with Crippen molar-refractivity contribution in [3.05, 3.63) is 29.3 Å². The second-order valence-electron chi connectivity index (χ2n) is 7.60. The van der Waals surface area contributed by atoms with Crippen LogP contribution in [-0.4, -0.2) is 34.7 Å². The zero-order valence-corrected chi connectivity index (χ0v) is 16.2. The van der Waals surface area contributed by atoms with Crippen molar-refractivity contribution in [3.8, 4) is 0 Å². The van der Waals surface area contributed by atoms with E-state index in [-0.39, 0.29) is 0 Å². The zero-order chi connectivity index (χ0) is 17.1. The lowest BCUT2D eigenvalue weighted by molar-refractivity contribution is 0.0191. The van der Waals surface area contributed by atoms with E-state index in [0.717, 1.165) is 33.8 Å². The second-order valence-corrected chi connectivity index (χ2v) is 8.45. The summed E-state index contributed by atoms with van der Waals surface area (Å²) in [5.74, 6) is 0.741. The Kier molecular flexibility index (Phi) is 6.01. The lowest BCUT2D eigenvalue weighted by atomic mass is 9.81. The summed E-state index contributed by atoms with van der Waals surface area (Å²) in [5.41, 5.74) is 0.981. The molecule has 0 aromatic heterocycles. The van der Waals surface area contributed by atoms with Gasteiger partial charge in [-0.15, -0.1) is 0 Å². The monoisotopic (exact) mass is 365 g/mol. The minimum absolute atomic E-state index is 0.482. The molecule has 132 valence electrons. The molecule has 0 saturated carbocycles. The maximum Gasteiger partial charge on any atom is 0.170 e. The molecular formula is C19H28ClN3S. The lowest BCUT2D eigenvalue weighted by Gasteiger charge is -2.49. The molecule has 5 heteroatoms. The maximum atomic E-state index is 5.93. The molecule has 0 spiro atoms. The van der Waals surface area contributed by atoms with Gasteiger partial charge >= 0.3 is 0 Å². The summed E-state index contributed by atoms with van der Waals surface area (Å²) in [6, 6.07) is 9.58. The van der Waals surface area contributed by atoms with Gasteiger partial charge in [-0.05, 0) is 68.1 Å². The molecule has 0 radical (unpaired) electrons. The van der Waals surface area contributed by atoms with Gasteiger partial charge in [0.05, 0.1) is 0 Å². The summed E-state index contributed by atoms with van der Waals surface area (Å²) in [6.07, 6.45) is 6.44. The first-order valence-corrected chi connectivity index (χ1v) is 9.88. The summed E-state index contributed by atoms with van der Waals surface area (Å²) >= 11 is 11.4. The van der Waals surface area contributed by atoms with Crippen LogP contribution in [0, 0.1) is 5.92 Å². The standard InChI is InChI=1S/C19H28ClN3S/c1-13(2)12-23-17-4-3-5-18(23)11-16(10-17)22-19(24)21-15-8-6-14(20)7-9-15/h6-9,13,16-18H,3-5,10-12H2,1-2H3,(H2,21,22,24)/t17-,18-/m1/s1. The molecule has 0 aliphatic carbocycles. The first kappa shape index (κ1) is 18.0. The molecule has 24 heavy (non-hydrogen) atoms. The van der Waals surface area contributed by atoms with Gasteiger partial charge in [0.25, 0.3) is 0 Å². The van der Waals surface area contributed by atoms with E-state index in [0.29, 0.717) is 6.04 Å².